The monoisotopic (exact) mass is 207 g/mol. The Kier molecular flexibility index (Phi) is 3.16. The summed E-state index contributed by atoms with van der Waals surface area (Å²) in [5.41, 5.74) is 0.940. The molecule has 82 valence electrons. The second-order valence-electron chi connectivity index (χ2n) is 4.02. The van der Waals surface area contributed by atoms with Crippen LogP contribution in [0, 0.1) is 6.92 Å². The Labute approximate surface area is 90.1 Å². The molecule has 1 saturated carbocycles. The summed E-state index contributed by atoms with van der Waals surface area (Å²) in [6.07, 6.45) is 3.81. The lowest BCUT2D eigenvalue weighted by atomic mass is 10.2. The number of aryl methyl sites for hydroxylation is 1. The third-order valence-corrected chi connectivity index (χ3v) is 2.89. The number of ether oxygens (including phenoxy) is 1. The Morgan fingerprint density at radius 2 is 2.20 bits per heavy atom. The fraction of sp³-hybridized carbons (Fsp3) is 0.636. The first-order chi connectivity index (χ1) is 7.29. The first-order valence-corrected chi connectivity index (χ1v) is 5.39. The smallest absolute Gasteiger partial charge is 0.148 e. The molecule has 0 aliphatic heterocycles. The molecule has 4 heteroatoms. The van der Waals surface area contributed by atoms with Crippen molar-refractivity contribution in [2.45, 2.75) is 38.3 Å². The van der Waals surface area contributed by atoms with Crippen LogP contribution in [-0.4, -0.2) is 29.5 Å². The molecule has 15 heavy (non-hydrogen) atoms. The van der Waals surface area contributed by atoms with Gasteiger partial charge in [-0.1, -0.05) is 0 Å². The molecule has 1 aromatic heterocycles. The highest BCUT2D eigenvalue weighted by atomic mass is 16.5. The topological polar surface area (TPSA) is 47.0 Å². The van der Waals surface area contributed by atoms with Crippen molar-refractivity contribution >= 4 is 5.82 Å². The van der Waals surface area contributed by atoms with E-state index in [1.807, 2.05) is 19.1 Å². The van der Waals surface area contributed by atoms with Gasteiger partial charge >= 0.3 is 0 Å². The highest BCUT2D eigenvalue weighted by Crippen LogP contribution is 2.24. The molecule has 4 nitrogen and oxygen atoms in total. The molecule has 2 atom stereocenters. The number of aromatic nitrogens is 2. The van der Waals surface area contributed by atoms with Crippen molar-refractivity contribution in [3.63, 3.8) is 0 Å². The summed E-state index contributed by atoms with van der Waals surface area (Å²) in [6, 6.07) is 4.31. The lowest BCUT2D eigenvalue weighted by Gasteiger charge is -2.19. The SMILES string of the molecule is CO[C@@H]1CCC[C@@H]1Nc1ccc(C)nn1. The Morgan fingerprint density at radius 1 is 1.33 bits per heavy atom. The molecule has 0 unspecified atom stereocenters. The molecular weight excluding hydrogens is 190 g/mol. The maximum Gasteiger partial charge on any atom is 0.148 e. The van der Waals surface area contributed by atoms with Crippen molar-refractivity contribution < 1.29 is 4.74 Å². The van der Waals surface area contributed by atoms with Crippen molar-refractivity contribution in [2.75, 3.05) is 12.4 Å². The summed E-state index contributed by atoms with van der Waals surface area (Å²) in [6.45, 7) is 1.93. The standard InChI is InChI=1S/C11H17N3O/c1-8-6-7-11(14-13-8)12-9-4-3-5-10(9)15-2/h6-7,9-10H,3-5H2,1-2H3,(H,12,14)/t9-,10+/m0/s1. The minimum absolute atomic E-state index is 0.313. The van der Waals surface area contributed by atoms with Gasteiger partial charge in [-0.25, -0.2) is 0 Å². The van der Waals surface area contributed by atoms with Gasteiger partial charge in [-0.15, -0.1) is 5.10 Å². The molecule has 0 aromatic carbocycles. The number of methoxy groups -OCH3 is 1. The molecule has 2 rings (SSSR count). The average Bonchev–Trinajstić information content (AvgIpc) is 2.69. The van der Waals surface area contributed by atoms with E-state index in [0.717, 1.165) is 24.4 Å². The third-order valence-electron chi connectivity index (χ3n) is 2.89. The minimum Gasteiger partial charge on any atom is -0.379 e. The van der Waals surface area contributed by atoms with Crippen LogP contribution >= 0.6 is 0 Å². The number of nitrogens with zero attached hydrogens (tertiary/aromatic N) is 2. The molecule has 0 saturated heterocycles. The van der Waals surface area contributed by atoms with E-state index in [1.54, 1.807) is 7.11 Å². The van der Waals surface area contributed by atoms with Crippen LogP contribution in [0.4, 0.5) is 5.82 Å². The van der Waals surface area contributed by atoms with Crippen molar-refractivity contribution in [2.24, 2.45) is 0 Å². The van der Waals surface area contributed by atoms with Gasteiger partial charge in [-0.2, -0.15) is 5.10 Å². The minimum atomic E-state index is 0.313. The van der Waals surface area contributed by atoms with Gasteiger partial charge in [0, 0.05) is 7.11 Å². The fourth-order valence-electron chi connectivity index (χ4n) is 2.04. The third kappa shape index (κ3) is 2.45. The van der Waals surface area contributed by atoms with Gasteiger partial charge in [0.2, 0.25) is 0 Å². The highest BCUT2D eigenvalue weighted by Gasteiger charge is 2.27. The van der Waals surface area contributed by atoms with Crippen LogP contribution in [0.5, 0.6) is 0 Å². The molecular formula is C11H17N3O. The largest absolute Gasteiger partial charge is 0.379 e. The number of rotatable bonds is 3. The van der Waals surface area contributed by atoms with E-state index < -0.39 is 0 Å². The maximum absolute atomic E-state index is 5.41. The van der Waals surface area contributed by atoms with Crippen molar-refractivity contribution in [1.29, 1.82) is 0 Å². The van der Waals surface area contributed by atoms with Crippen LogP contribution in [-0.2, 0) is 4.74 Å². The van der Waals surface area contributed by atoms with Crippen LogP contribution in [0.2, 0.25) is 0 Å². The molecule has 1 aliphatic carbocycles. The summed E-state index contributed by atoms with van der Waals surface area (Å²) in [5.74, 6) is 0.842. The molecule has 1 N–H and O–H groups in total. The molecule has 0 radical (unpaired) electrons. The number of anilines is 1. The summed E-state index contributed by atoms with van der Waals surface area (Å²) < 4.78 is 5.41. The molecule has 1 aromatic rings. The van der Waals surface area contributed by atoms with E-state index in [4.69, 9.17) is 4.74 Å². The van der Waals surface area contributed by atoms with E-state index in [0.29, 0.717) is 12.1 Å². The average molecular weight is 207 g/mol. The summed E-state index contributed by atoms with van der Waals surface area (Å²) in [5, 5.41) is 11.5. The summed E-state index contributed by atoms with van der Waals surface area (Å²) in [7, 11) is 1.77. The van der Waals surface area contributed by atoms with Crippen molar-refractivity contribution in [1.82, 2.24) is 10.2 Å². The van der Waals surface area contributed by atoms with E-state index in [9.17, 15) is 0 Å². The predicted octanol–water partition coefficient (Wildman–Crippen LogP) is 1.76. The van der Waals surface area contributed by atoms with Crippen LogP contribution in [0.25, 0.3) is 0 Å². The first kappa shape index (κ1) is 10.4. The van der Waals surface area contributed by atoms with E-state index in [-0.39, 0.29) is 0 Å². The first-order valence-electron chi connectivity index (χ1n) is 5.39. The van der Waals surface area contributed by atoms with Crippen LogP contribution in [0.15, 0.2) is 12.1 Å². The molecule has 1 fully saturated rings. The van der Waals surface area contributed by atoms with Crippen molar-refractivity contribution in [3.05, 3.63) is 17.8 Å². The molecule has 0 spiro atoms. The quantitative estimate of drug-likeness (QED) is 0.820. The fourth-order valence-corrected chi connectivity index (χ4v) is 2.04. The predicted molar refractivity (Wildman–Crippen MR) is 58.8 cm³/mol. The highest BCUT2D eigenvalue weighted by molar-refractivity contribution is 5.34. The van der Waals surface area contributed by atoms with Crippen LogP contribution in [0.3, 0.4) is 0 Å². The van der Waals surface area contributed by atoms with Gasteiger partial charge in [-0.3, -0.25) is 0 Å². The Morgan fingerprint density at radius 3 is 2.87 bits per heavy atom. The van der Waals surface area contributed by atoms with Crippen LogP contribution in [0.1, 0.15) is 25.0 Å². The Balaban J connectivity index is 1.99. The molecule has 0 amide bonds. The zero-order chi connectivity index (χ0) is 10.7. The Hall–Kier alpha value is -1.16. The lowest BCUT2D eigenvalue weighted by Crippen LogP contribution is -2.30. The van der Waals surface area contributed by atoms with Gasteiger partial charge in [-0.05, 0) is 38.3 Å². The van der Waals surface area contributed by atoms with Crippen LogP contribution < -0.4 is 5.32 Å². The van der Waals surface area contributed by atoms with Crippen molar-refractivity contribution in [3.8, 4) is 0 Å². The molecule has 1 aliphatic rings. The molecule has 1 heterocycles. The second-order valence-corrected chi connectivity index (χ2v) is 4.02. The lowest BCUT2D eigenvalue weighted by molar-refractivity contribution is 0.101. The number of hydrogen-bond acceptors (Lipinski definition) is 4. The van der Waals surface area contributed by atoms with Gasteiger partial charge < -0.3 is 10.1 Å². The summed E-state index contributed by atoms with van der Waals surface area (Å²) in [4.78, 5) is 0. The van der Waals surface area contributed by atoms with Gasteiger partial charge in [0.25, 0.3) is 0 Å². The van der Waals surface area contributed by atoms with E-state index in [1.165, 1.54) is 6.42 Å². The summed E-state index contributed by atoms with van der Waals surface area (Å²) >= 11 is 0. The Bertz CT molecular complexity index is 312. The number of hydrogen-bond donors (Lipinski definition) is 1. The second kappa shape index (κ2) is 4.57. The molecule has 0 bridgehead atoms. The normalized spacial score (nSPS) is 25.5. The zero-order valence-corrected chi connectivity index (χ0v) is 9.23. The van der Waals surface area contributed by atoms with E-state index in [2.05, 4.69) is 15.5 Å². The van der Waals surface area contributed by atoms with E-state index >= 15 is 0 Å². The van der Waals surface area contributed by atoms with Gasteiger partial charge in [0.1, 0.15) is 5.82 Å². The van der Waals surface area contributed by atoms with Gasteiger partial charge in [0.05, 0.1) is 17.8 Å². The zero-order valence-electron chi connectivity index (χ0n) is 9.23. The number of nitrogens with one attached hydrogen (secondary N) is 1. The van der Waals surface area contributed by atoms with Gasteiger partial charge in [0.15, 0.2) is 0 Å². The maximum atomic E-state index is 5.41.